The van der Waals surface area contributed by atoms with Gasteiger partial charge in [0.1, 0.15) is 6.04 Å². The summed E-state index contributed by atoms with van der Waals surface area (Å²) in [6, 6.07) is 2.15. The number of aliphatic carboxylic acids is 2. The number of carboxylic acid groups (broad SMARTS) is 2. The Labute approximate surface area is 228 Å². The minimum atomic E-state index is -2.27. The van der Waals surface area contributed by atoms with E-state index < -0.39 is 24.1 Å². The van der Waals surface area contributed by atoms with Gasteiger partial charge in [-0.2, -0.15) is 5.26 Å². The van der Waals surface area contributed by atoms with Crippen molar-refractivity contribution in [2.45, 2.75) is 75.2 Å². The summed E-state index contributed by atoms with van der Waals surface area (Å²) in [7, 11) is 3.64. The molecule has 0 aromatic carbocycles. The normalized spacial score (nSPS) is 29.7. The Morgan fingerprint density at radius 3 is 1.97 bits per heavy atom. The highest BCUT2D eigenvalue weighted by Crippen LogP contribution is 2.51. The monoisotopic (exact) mass is 551 g/mol. The van der Waals surface area contributed by atoms with Crippen LogP contribution in [0, 0.1) is 29.1 Å². The van der Waals surface area contributed by atoms with Crippen molar-refractivity contribution in [3.05, 3.63) is 0 Å². The van der Waals surface area contributed by atoms with E-state index in [2.05, 4.69) is 11.4 Å². The molecule has 0 radical (unpaired) electrons. The van der Waals surface area contributed by atoms with Gasteiger partial charge in [-0.25, -0.2) is 14.4 Å². The van der Waals surface area contributed by atoms with Crippen LogP contribution in [0.3, 0.4) is 0 Å². The molecule has 0 aromatic heterocycles. The Hall–Kier alpha value is -2.95. The van der Waals surface area contributed by atoms with Crippen molar-refractivity contribution in [1.29, 1.82) is 5.26 Å². The lowest BCUT2D eigenvalue weighted by Gasteiger charge is -2.39. The zero-order chi connectivity index (χ0) is 28.9. The number of nitrogens with zero attached hydrogens (tertiary/aromatic N) is 4. The summed E-state index contributed by atoms with van der Waals surface area (Å²) in [5, 5.41) is 45.6. The predicted octanol–water partition coefficient (Wildman–Crippen LogP) is -0.0796. The lowest BCUT2D eigenvalue weighted by molar-refractivity contribution is -0.165. The van der Waals surface area contributed by atoms with Gasteiger partial charge in [-0.05, 0) is 56.3 Å². The van der Waals surface area contributed by atoms with Crippen LogP contribution in [0.15, 0.2) is 0 Å². The molecule has 218 valence electrons. The predicted molar refractivity (Wildman–Crippen MR) is 137 cm³/mol. The molecule has 2 aliphatic heterocycles. The minimum absolute atomic E-state index is 0.0244. The van der Waals surface area contributed by atoms with Crippen LogP contribution >= 0.6 is 0 Å². The number of hydrogen-bond donors (Lipinski definition) is 5. The van der Waals surface area contributed by atoms with E-state index >= 15 is 0 Å². The van der Waals surface area contributed by atoms with Crippen LogP contribution in [0.4, 0.5) is 4.79 Å². The van der Waals surface area contributed by atoms with Gasteiger partial charge in [0, 0.05) is 39.3 Å². The second-order valence-corrected chi connectivity index (χ2v) is 11.4. The Bertz CT molecular complexity index is 930. The largest absolute Gasteiger partial charge is 0.479 e. The quantitative estimate of drug-likeness (QED) is 0.286. The first kappa shape index (κ1) is 30.6. The molecule has 2 saturated carbocycles. The van der Waals surface area contributed by atoms with Crippen LogP contribution in [-0.2, 0) is 14.4 Å². The number of amides is 3. The third-order valence-electron chi connectivity index (χ3n) is 8.74. The molecule has 5 unspecified atom stereocenters. The number of urea groups is 1. The molecule has 2 heterocycles. The maximum atomic E-state index is 12.8. The van der Waals surface area contributed by atoms with E-state index in [1.807, 2.05) is 19.0 Å². The number of nitriles is 1. The van der Waals surface area contributed by atoms with Crippen LogP contribution in [0.25, 0.3) is 0 Å². The average molecular weight is 552 g/mol. The first-order valence-electron chi connectivity index (χ1n) is 13.6. The molecule has 13 heteroatoms. The van der Waals surface area contributed by atoms with Gasteiger partial charge in [0.25, 0.3) is 0 Å². The van der Waals surface area contributed by atoms with Gasteiger partial charge >= 0.3 is 18.0 Å². The highest BCUT2D eigenvalue weighted by atomic mass is 16.4. The Morgan fingerprint density at radius 2 is 1.51 bits per heavy atom. The number of aliphatic hydroxyl groups is 2. The maximum Gasteiger partial charge on any atom is 0.335 e. The van der Waals surface area contributed by atoms with Gasteiger partial charge in [-0.15, -0.1) is 0 Å². The van der Waals surface area contributed by atoms with Gasteiger partial charge in [-0.1, -0.05) is 12.8 Å². The van der Waals surface area contributed by atoms with Crippen LogP contribution in [-0.4, -0.2) is 123 Å². The zero-order valence-electron chi connectivity index (χ0n) is 22.7. The van der Waals surface area contributed by atoms with Gasteiger partial charge in [0.2, 0.25) is 5.91 Å². The molecule has 0 bridgehead atoms. The number of carbonyl (C=O) groups excluding carboxylic acids is 2. The number of hydrogen-bond acceptors (Lipinski definition) is 8. The number of rotatable bonds is 7. The van der Waals surface area contributed by atoms with Crippen LogP contribution in [0.1, 0.15) is 51.4 Å². The summed E-state index contributed by atoms with van der Waals surface area (Å²) in [6.07, 6.45) is 4.37. The molecular formula is C26H41N5O8. The number of carboxylic acids is 2. The summed E-state index contributed by atoms with van der Waals surface area (Å²) in [5.74, 6) is -1.77. The summed E-state index contributed by atoms with van der Waals surface area (Å²) in [4.78, 5) is 50.2. The molecule has 4 rings (SSSR count). The summed E-state index contributed by atoms with van der Waals surface area (Å²) in [6.45, 7) is 2.74. The minimum Gasteiger partial charge on any atom is -0.479 e. The van der Waals surface area contributed by atoms with E-state index in [4.69, 9.17) is 20.4 Å². The Balaban J connectivity index is 0.000000360. The summed E-state index contributed by atoms with van der Waals surface area (Å²) >= 11 is 0. The van der Waals surface area contributed by atoms with Gasteiger partial charge in [-0.3, -0.25) is 4.79 Å². The second kappa shape index (κ2) is 12.9. The van der Waals surface area contributed by atoms with Crippen LogP contribution < -0.4 is 5.32 Å². The fraction of sp³-hybridized carbons (Fsp3) is 0.808. The van der Waals surface area contributed by atoms with Crippen LogP contribution in [0.2, 0.25) is 0 Å². The van der Waals surface area contributed by atoms with Crippen molar-refractivity contribution in [3.8, 4) is 6.07 Å². The fourth-order valence-electron chi connectivity index (χ4n) is 6.78. The molecule has 5 atom stereocenters. The van der Waals surface area contributed by atoms with Gasteiger partial charge < -0.3 is 40.4 Å². The van der Waals surface area contributed by atoms with Crippen molar-refractivity contribution < 1.29 is 39.6 Å². The lowest BCUT2D eigenvalue weighted by Crippen LogP contribution is -2.54. The molecule has 4 aliphatic rings. The highest BCUT2D eigenvalue weighted by molar-refractivity contribution is 5.83. The Morgan fingerprint density at radius 1 is 0.974 bits per heavy atom. The molecule has 2 aliphatic carbocycles. The second-order valence-electron chi connectivity index (χ2n) is 11.4. The van der Waals surface area contributed by atoms with E-state index in [1.165, 1.54) is 25.7 Å². The number of fused-ring (bicyclic) bond motifs is 1. The van der Waals surface area contributed by atoms with E-state index in [0.717, 1.165) is 38.8 Å². The van der Waals surface area contributed by atoms with Crippen molar-refractivity contribution in [3.63, 3.8) is 0 Å². The van der Waals surface area contributed by atoms with Crippen LogP contribution in [0.5, 0.6) is 0 Å². The molecule has 3 amide bonds. The number of aliphatic hydroxyl groups excluding tert-OH is 2. The molecule has 0 spiro atoms. The average Bonchev–Trinajstić information content (AvgIpc) is 3.69. The smallest absolute Gasteiger partial charge is 0.335 e. The SMILES string of the molecule is CN(C)C(=O)N1CC2CC(NCC(=O)N3CCCC3C#N)(C3CCCC3)CC2C1.O=C(O)C(O)C(O)C(=O)O. The van der Waals surface area contributed by atoms with E-state index in [0.29, 0.717) is 30.8 Å². The summed E-state index contributed by atoms with van der Waals surface area (Å²) in [5.41, 5.74) is 0.0244. The third kappa shape index (κ3) is 6.98. The molecule has 2 saturated heterocycles. The van der Waals surface area contributed by atoms with E-state index in [9.17, 15) is 24.4 Å². The maximum absolute atomic E-state index is 12.8. The molecule has 5 N–H and O–H groups in total. The van der Waals surface area contributed by atoms with Gasteiger partial charge in [0.05, 0.1) is 12.6 Å². The van der Waals surface area contributed by atoms with Gasteiger partial charge in [0.15, 0.2) is 12.2 Å². The standard InChI is InChI=1S/C22H35N5O2.C4H6O6/c1-25(2)21(29)26-14-16-10-22(11-17(16)15-26,18-6-3-4-7-18)24-13-20(28)27-9-5-8-19(27)12-23;5-1(3(7)8)2(6)4(9)10/h16-19,24H,3-11,13-15H2,1-2H3;1-2,5-6H,(H,7,8)(H,9,10). The first-order valence-corrected chi connectivity index (χ1v) is 13.6. The van der Waals surface area contributed by atoms with Crippen molar-refractivity contribution in [2.24, 2.45) is 17.8 Å². The van der Waals surface area contributed by atoms with Crippen molar-refractivity contribution >= 4 is 23.9 Å². The molecular weight excluding hydrogens is 510 g/mol. The number of carbonyl (C=O) groups is 4. The summed E-state index contributed by atoms with van der Waals surface area (Å²) < 4.78 is 0. The lowest BCUT2D eigenvalue weighted by atomic mass is 9.79. The zero-order valence-corrected chi connectivity index (χ0v) is 22.7. The molecule has 13 nitrogen and oxygen atoms in total. The third-order valence-corrected chi connectivity index (χ3v) is 8.74. The molecule has 39 heavy (non-hydrogen) atoms. The topological polar surface area (TPSA) is 195 Å². The van der Waals surface area contributed by atoms with E-state index in [-0.39, 0.29) is 23.5 Å². The van der Waals surface area contributed by atoms with Crippen molar-refractivity contribution in [2.75, 3.05) is 40.3 Å². The first-order chi connectivity index (χ1) is 18.4. The van der Waals surface area contributed by atoms with E-state index in [1.54, 1.807) is 9.80 Å². The number of likely N-dealkylation sites (tertiary alicyclic amines) is 2. The fourth-order valence-corrected chi connectivity index (χ4v) is 6.78. The highest BCUT2D eigenvalue weighted by Gasteiger charge is 2.53. The van der Waals surface area contributed by atoms with Crippen molar-refractivity contribution in [1.82, 2.24) is 20.0 Å². The Kier molecular flexibility index (Phi) is 10.1. The molecule has 0 aromatic rings. The number of nitrogens with one attached hydrogen (secondary N) is 1. The molecule has 4 fully saturated rings.